The number of nitrogens with one attached hydrogen (secondary N) is 1. The number of nitrogens with zero attached hydrogens (tertiary/aromatic N) is 4. The van der Waals surface area contributed by atoms with Crippen LogP contribution in [0.1, 0.15) is 57.7 Å². The summed E-state index contributed by atoms with van der Waals surface area (Å²) in [5.74, 6) is 0.341. The van der Waals surface area contributed by atoms with E-state index in [9.17, 15) is 9.90 Å². The minimum atomic E-state index is -0.929. The number of aliphatic carboxylic acids is 1. The van der Waals surface area contributed by atoms with Gasteiger partial charge in [0, 0.05) is 22.5 Å². The normalized spacial score (nSPS) is 15.4. The zero-order valence-electron chi connectivity index (χ0n) is 18.2. The number of thiophene rings is 1. The van der Waals surface area contributed by atoms with Gasteiger partial charge in [-0.2, -0.15) is 0 Å². The molecule has 0 aliphatic carbocycles. The molecule has 1 atom stereocenters. The Balaban J connectivity index is 1.82. The molecule has 1 aliphatic heterocycles. The Morgan fingerprint density at radius 3 is 2.66 bits per heavy atom. The summed E-state index contributed by atoms with van der Waals surface area (Å²) in [7, 11) is 0. The highest BCUT2D eigenvalue weighted by Gasteiger charge is 2.32. The summed E-state index contributed by atoms with van der Waals surface area (Å²) in [5, 5.41) is 27.7. The van der Waals surface area contributed by atoms with Gasteiger partial charge >= 0.3 is 5.97 Å². The van der Waals surface area contributed by atoms with Crippen LogP contribution in [0.2, 0.25) is 0 Å². The number of aromatic nitrogens is 3. The molecule has 0 spiro atoms. The van der Waals surface area contributed by atoms with Crippen molar-refractivity contribution in [2.24, 2.45) is 4.99 Å². The van der Waals surface area contributed by atoms with Gasteiger partial charge < -0.3 is 10.3 Å². The Kier molecular flexibility index (Phi) is 6.31. The summed E-state index contributed by atoms with van der Waals surface area (Å²) in [4.78, 5) is 17.7. The van der Waals surface area contributed by atoms with Gasteiger partial charge in [0.05, 0.1) is 12.1 Å². The molecule has 32 heavy (non-hydrogen) atoms. The SMILES string of the molecule is Cc1sc2c(c1C)C(c1ccc(/C=C/CCNO)cc1)=NC(CC(=O)O)c1nnc(C)n1-2. The summed E-state index contributed by atoms with van der Waals surface area (Å²) in [6.45, 7) is 6.53. The van der Waals surface area contributed by atoms with Crippen LogP contribution < -0.4 is 5.48 Å². The Bertz CT molecular complexity index is 1210. The Hall–Kier alpha value is -3.14. The molecule has 0 bridgehead atoms. The lowest BCUT2D eigenvalue weighted by atomic mass is 9.98. The van der Waals surface area contributed by atoms with Gasteiger partial charge in [0.15, 0.2) is 5.82 Å². The average molecular weight is 452 g/mol. The molecule has 0 saturated carbocycles. The fraction of sp³-hybridized carbons (Fsp3) is 0.304. The van der Waals surface area contributed by atoms with Gasteiger partial charge in [-0.3, -0.25) is 14.4 Å². The minimum absolute atomic E-state index is 0.158. The van der Waals surface area contributed by atoms with Crippen LogP contribution in [0.4, 0.5) is 0 Å². The van der Waals surface area contributed by atoms with Crippen LogP contribution in [0.25, 0.3) is 11.1 Å². The van der Waals surface area contributed by atoms with Crippen molar-refractivity contribution in [2.45, 2.75) is 39.7 Å². The Morgan fingerprint density at radius 2 is 1.97 bits per heavy atom. The lowest BCUT2D eigenvalue weighted by Gasteiger charge is -2.11. The molecule has 3 N–H and O–H groups in total. The van der Waals surface area contributed by atoms with E-state index in [1.165, 1.54) is 4.88 Å². The number of carbonyl (C=O) groups is 1. The van der Waals surface area contributed by atoms with Gasteiger partial charge in [-0.15, -0.1) is 21.5 Å². The maximum atomic E-state index is 11.6. The third-order valence-electron chi connectivity index (χ3n) is 5.52. The standard InChI is InChI=1S/C23H25N5O3S/c1-13-14(2)32-23-20(13)21(17-9-7-16(8-10-17)6-4-5-11-24-31)25-18(12-19(29)30)22-27-26-15(3)28(22)23/h4,6-10,18,24,31H,5,11-12H2,1-3H3,(H,29,30)/b6-4+. The van der Waals surface area contributed by atoms with Crippen molar-refractivity contribution < 1.29 is 15.1 Å². The number of fused-ring (bicyclic) bond motifs is 3. The van der Waals surface area contributed by atoms with Crippen LogP contribution in [-0.4, -0.2) is 43.3 Å². The van der Waals surface area contributed by atoms with E-state index in [-0.39, 0.29) is 6.42 Å². The van der Waals surface area contributed by atoms with E-state index in [0.717, 1.165) is 39.4 Å². The fourth-order valence-electron chi connectivity index (χ4n) is 3.81. The van der Waals surface area contributed by atoms with Gasteiger partial charge in [-0.1, -0.05) is 36.4 Å². The first kappa shape index (κ1) is 22.1. The molecule has 9 heteroatoms. The fourth-order valence-corrected chi connectivity index (χ4v) is 5.02. The molecule has 1 unspecified atom stereocenters. The summed E-state index contributed by atoms with van der Waals surface area (Å²) >= 11 is 1.65. The van der Waals surface area contributed by atoms with E-state index in [1.807, 2.05) is 47.9 Å². The van der Waals surface area contributed by atoms with Crippen molar-refractivity contribution in [1.29, 1.82) is 0 Å². The minimum Gasteiger partial charge on any atom is -0.481 e. The molecule has 8 nitrogen and oxygen atoms in total. The topological polar surface area (TPSA) is 113 Å². The molecule has 4 rings (SSSR count). The van der Waals surface area contributed by atoms with Crippen molar-refractivity contribution in [2.75, 3.05) is 6.54 Å². The van der Waals surface area contributed by atoms with Gasteiger partial charge in [-0.25, -0.2) is 5.48 Å². The van der Waals surface area contributed by atoms with Crippen molar-refractivity contribution in [3.05, 3.63) is 69.1 Å². The predicted octanol–water partition coefficient (Wildman–Crippen LogP) is 4.00. The number of hydroxylamine groups is 1. The van der Waals surface area contributed by atoms with Gasteiger partial charge in [0.25, 0.3) is 0 Å². The number of rotatable bonds is 7. The third-order valence-corrected chi connectivity index (χ3v) is 6.72. The largest absolute Gasteiger partial charge is 0.481 e. The number of benzene rings is 1. The summed E-state index contributed by atoms with van der Waals surface area (Å²) in [6, 6.07) is 7.41. The molecular formula is C23H25N5O3S. The average Bonchev–Trinajstić information content (AvgIpc) is 3.24. The lowest BCUT2D eigenvalue weighted by molar-refractivity contribution is -0.137. The predicted molar refractivity (Wildman–Crippen MR) is 124 cm³/mol. The van der Waals surface area contributed by atoms with Crippen molar-refractivity contribution in [3.8, 4) is 5.00 Å². The van der Waals surface area contributed by atoms with Crippen LogP contribution in [0.3, 0.4) is 0 Å². The Labute approximate surface area is 189 Å². The first-order valence-corrected chi connectivity index (χ1v) is 11.2. The maximum absolute atomic E-state index is 11.6. The van der Waals surface area contributed by atoms with Crippen LogP contribution in [0.15, 0.2) is 35.3 Å². The molecular weight excluding hydrogens is 426 g/mol. The van der Waals surface area contributed by atoms with Crippen molar-refractivity contribution in [3.63, 3.8) is 0 Å². The molecule has 0 fully saturated rings. The van der Waals surface area contributed by atoms with Crippen LogP contribution in [0, 0.1) is 20.8 Å². The maximum Gasteiger partial charge on any atom is 0.306 e. The number of aryl methyl sites for hydroxylation is 2. The summed E-state index contributed by atoms with van der Waals surface area (Å²) < 4.78 is 1.95. The number of carboxylic acids is 1. The Morgan fingerprint density at radius 1 is 1.22 bits per heavy atom. The molecule has 166 valence electrons. The smallest absolute Gasteiger partial charge is 0.306 e. The number of carboxylic acid groups (broad SMARTS) is 1. The molecule has 1 aliphatic rings. The zero-order chi connectivity index (χ0) is 22.8. The highest BCUT2D eigenvalue weighted by molar-refractivity contribution is 7.15. The molecule has 3 heterocycles. The quantitative estimate of drug-likeness (QED) is 0.370. The summed E-state index contributed by atoms with van der Waals surface area (Å²) in [5.41, 5.74) is 7.00. The first-order chi connectivity index (χ1) is 15.4. The molecule has 0 radical (unpaired) electrons. The second kappa shape index (κ2) is 9.15. The molecule has 3 aromatic rings. The second-order valence-electron chi connectivity index (χ2n) is 7.72. The molecule has 0 amide bonds. The summed E-state index contributed by atoms with van der Waals surface area (Å²) in [6.07, 6.45) is 4.55. The van der Waals surface area contributed by atoms with E-state index >= 15 is 0 Å². The number of hydrogen-bond donors (Lipinski definition) is 3. The first-order valence-electron chi connectivity index (χ1n) is 10.4. The third kappa shape index (κ3) is 4.14. The van der Waals surface area contributed by atoms with E-state index in [2.05, 4.69) is 29.5 Å². The number of aliphatic imine (C=N–C) groups is 1. The van der Waals surface area contributed by atoms with E-state index < -0.39 is 12.0 Å². The highest BCUT2D eigenvalue weighted by Crippen LogP contribution is 2.39. The van der Waals surface area contributed by atoms with Crippen molar-refractivity contribution in [1.82, 2.24) is 20.2 Å². The molecule has 0 saturated heterocycles. The van der Waals surface area contributed by atoms with Crippen molar-refractivity contribution >= 4 is 29.1 Å². The monoisotopic (exact) mass is 451 g/mol. The zero-order valence-corrected chi connectivity index (χ0v) is 19.0. The lowest BCUT2D eigenvalue weighted by Crippen LogP contribution is -2.10. The van der Waals surface area contributed by atoms with E-state index in [0.29, 0.717) is 18.2 Å². The van der Waals surface area contributed by atoms with Gasteiger partial charge in [0.2, 0.25) is 0 Å². The highest BCUT2D eigenvalue weighted by atomic mass is 32.1. The van der Waals surface area contributed by atoms with E-state index in [1.54, 1.807) is 11.3 Å². The van der Waals surface area contributed by atoms with Gasteiger partial charge in [0.1, 0.15) is 16.9 Å². The number of hydrogen-bond acceptors (Lipinski definition) is 7. The van der Waals surface area contributed by atoms with Gasteiger partial charge in [-0.05, 0) is 38.3 Å². The molecule has 1 aromatic carbocycles. The van der Waals surface area contributed by atoms with Crippen LogP contribution >= 0.6 is 11.3 Å². The second-order valence-corrected chi connectivity index (χ2v) is 8.92. The van der Waals surface area contributed by atoms with Crippen LogP contribution in [-0.2, 0) is 4.79 Å². The molecule has 2 aromatic heterocycles. The van der Waals surface area contributed by atoms with E-state index in [4.69, 9.17) is 10.2 Å². The van der Waals surface area contributed by atoms with Crippen LogP contribution in [0.5, 0.6) is 0 Å².